The van der Waals surface area contributed by atoms with Gasteiger partial charge in [0.2, 0.25) is 0 Å². The first-order valence-electron chi connectivity index (χ1n) is 5.16. The van der Waals surface area contributed by atoms with E-state index in [1.54, 1.807) is 6.07 Å². The van der Waals surface area contributed by atoms with E-state index in [1.165, 1.54) is 0 Å². The van der Waals surface area contributed by atoms with Crippen LogP contribution < -0.4 is 5.32 Å². The third kappa shape index (κ3) is 3.72. The van der Waals surface area contributed by atoms with Crippen molar-refractivity contribution in [2.75, 3.05) is 6.54 Å². The summed E-state index contributed by atoms with van der Waals surface area (Å²) in [6.07, 6.45) is 0.187. The number of aliphatic hydroxyl groups is 1. The van der Waals surface area contributed by atoms with Crippen LogP contribution in [0.2, 0.25) is 0 Å². The van der Waals surface area contributed by atoms with E-state index in [0.717, 1.165) is 5.56 Å². The first kappa shape index (κ1) is 11.7. The molecule has 0 aliphatic rings. The Kier molecular flexibility index (Phi) is 4.31. The summed E-state index contributed by atoms with van der Waals surface area (Å²) in [7, 11) is 0. The van der Waals surface area contributed by atoms with Crippen molar-refractivity contribution in [3.63, 3.8) is 0 Å². The van der Waals surface area contributed by atoms with E-state index >= 15 is 0 Å². The van der Waals surface area contributed by atoms with Crippen molar-refractivity contribution in [1.29, 1.82) is 0 Å². The quantitative estimate of drug-likeness (QED) is 0.786. The molecule has 0 aliphatic heterocycles. The van der Waals surface area contributed by atoms with Crippen molar-refractivity contribution in [2.24, 2.45) is 0 Å². The second kappa shape index (κ2) is 5.51. The van der Waals surface area contributed by atoms with Gasteiger partial charge < -0.3 is 10.4 Å². The fraction of sp³-hybridized carbons (Fsp3) is 0.417. The zero-order valence-electron chi connectivity index (χ0n) is 9.16. The highest BCUT2D eigenvalue weighted by molar-refractivity contribution is 5.94. The average molecular weight is 207 g/mol. The summed E-state index contributed by atoms with van der Waals surface area (Å²) in [6.45, 7) is 4.13. The summed E-state index contributed by atoms with van der Waals surface area (Å²) < 4.78 is 0. The lowest BCUT2D eigenvalue weighted by molar-refractivity contribution is 0.0914. The van der Waals surface area contributed by atoms with Crippen LogP contribution in [0.15, 0.2) is 24.3 Å². The zero-order chi connectivity index (χ0) is 11.3. The van der Waals surface area contributed by atoms with E-state index in [4.69, 9.17) is 0 Å². The van der Waals surface area contributed by atoms with Gasteiger partial charge in [0.15, 0.2) is 0 Å². The Bertz CT molecular complexity index is 336. The number of carbonyl (C=O) groups excluding carboxylic acids is 1. The number of aliphatic hydroxyl groups excluding tert-OH is 1. The monoisotopic (exact) mass is 207 g/mol. The van der Waals surface area contributed by atoms with Gasteiger partial charge in [-0.1, -0.05) is 24.6 Å². The highest BCUT2D eigenvalue weighted by Crippen LogP contribution is 2.03. The summed E-state index contributed by atoms with van der Waals surface area (Å²) in [6, 6.07) is 7.38. The second-order valence-corrected chi connectivity index (χ2v) is 3.64. The van der Waals surface area contributed by atoms with Gasteiger partial charge in [-0.2, -0.15) is 0 Å². The van der Waals surface area contributed by atoms with Crippen LogP contribution in [0, 0.1) is 6.92 Å². The molecule has 0 radical (unpaired) electrons. The van der Waals surface area contributed by atoms with E-state index in [1.807, 2.05) is 32.0 Å². The second-order valence-electron chi connectivity index (χ2n) is 3.64. The van der Waals surface area contributed by atoms with Gasteiger partial charge in [0, 0.05) is 12.1 Å². The number of aryl methyl sites for hydroxylation is 1. The molecule has 1 atom stereocenters. The number of benzene rings is 1. The molecule has 0 saturated heterocycles. The lowest BCUT2D eigenvalue weighted by atomic mass is 10.1. The Morgan fingerprint density at radius 1 is 1.53 bits per heavy atom. The van der Waals surface area contributed by atoms with Gasteiger partial charge in [0.1, 0.15) is 0 Å². The minimum atomic E-state index is -0.459. The Balaban J connectivity index is 2.54. The summed E-state index contributed by atoms with van der Waals surface area (Å²) >= 11 is 0. The first-order chi connectivity index (χ1) is 7.13. The molecule has 2 N–H and O–H groups in total. The maximum atomic E-state index is 11.6. The summed E-state index contributed by atoms with van der Waals surface area (Å²) in [5, 5.41) is 12.0. The van der Waals surface area contributed by atoms with E-state index in [-0.39, 0.29) is 5.91 Å². The molecule has 0 heterocycles. The molecular formula is C12H17NO2. The van der Waals surface area contributed by atoms with Crippen molar-refractivity contribution < 1.29 is 9.90 Å². The number of nitrogens with one attached hydrogen (secondary N) is 1. The highest BCUT2D eigenvalue weighted by atomic mass is 16.3. The van der Waals surface area contributed by atoms with Crippen molar-refractivity contribution in [3.05, 3.63) is 35.4 Å². The Morgan fingerprint density at radius 2 is 2.27 bits per heavy atom. The third-order valence-corrected chi connectivity index (χ3v) is 2.25. The van der Waals surface area contributed by atoms with E-state index in [0.29, 0.717) is 18.5 Å². The van der Waals surface area contributed by atoms with Crippen molar-refractivity contribution in [1.82, 2.24) is 5.32 Å². The van der Waals surface area contributed by atoms with Crippen LogP contribution >= 0.6 is 0 Å². The molecule has 1 unspecified atom stereocenters. The van der Waals surface area contributed by atoms with Gasteiger partial charge in [-0.25, -0.2) is 0 Å². The topological polar surface area (TPSA) is 49.3 Å². The molecule has 0 bridgehead atoms. The molecule has 3 heteroatoms. The molecule has 0 aliphatic carbocycles. The van der Waals surface area contributed by atoms with E-state index < -0.39 is 6.10 Å². The summed E-state index contributed by atoms with van der Waals surface area (Å²) in [5.41, 5.74) is 1.69. The zero-order valence-corrected chi connectivity index (χ0v) is 9.16. The molecule has 3 nitrogen and oxygen atoms in total. The molecule has 0 aromatic heterocycles. The lowest BCUT2D eigenvalue weighted by Gasteiger charge is -2.09. The van der Waals surface area contributed by atoms with Crippen LogP contribution in [0.1, 0.15) is 29.3 Å². The van der Waals surface area contributed by atoms with Crippen molar-refractivity contribution in [3.8, 4) is 0 Å². The predicted octanol–water partition coefficient (Wildman–Crippen LogP) is 1.50. The van der Waals surface area contributed by atoms with Gasteiger partial charge in [-0.3, -0.25) is 4.79 Å². The van der Waals surface area contributed by atoms with Crippen LogP contribution in [0.5, 0.6) is 0 Å². The van der Waals surface area contributed by atoms with Crippen molar-refractivity contribution in [2.45, 2.75) is 26.4 Å². The molecule has 1 rings (SSSR count). The van der Waals surface area contributed by atoms with Gasteiger partial charge in [-0.05, 0) is 25.5 Å². The number of hydrogen-bond acceptors (Lipinski definition) is 2. The largest absolute Gasteiger partial charge is 0.391 e. The van der Waals surface area contributed by atoms with E-state index in [2.05, 4.69) is 5.32 Å². The van der Waals surface area contributed by atoms with Crippen LogP contribution in [0.3, 0.4) is 0 Å². The van der Waals surface area contributed by atoms with Crippen LogP contribution in [0.25, 0.3) is 0 Å². The molecular weight excluding hydrogens is 190 g/mol. The number of rotatable bonds is 4. The molecule has 1 aromatic rings. The molecule has 0 saturated carbocycles. The average Bonchev–Trinajstić information content (AvgIpc) is 2.25. The van der Waals surface area contributed by atoms with Gasteiger partial charge in [0.25, 0.3) is 5.91 Å². The smallest absolute Gasteiger partial charge is 0.251 e. The molecule has 15 heavy (non-hydrogen) atoms. The van der Waals surface area contributed by atoms with Gasteiger partial charge >= 0.3 is 0 Å². The van der Waals surface area contributed by atoms with Crippen LogP contribution in [-0.4, -0.2) is 23.7 Å². The lowest BCUT2D eigenvalue weighted by Crippen LogP contribution is -2.31. The molecule has 1 aromatic carbocycles. The minimum absolute atomic E-state index is 0.133. The van der Waals surface area contributed by atoms with Gasteiger partial charge in [0.05, 0.1) is 6.10 Å². The fourth-order valence-corrected chi connectivity index (χ4v) is 1.24. The number of hydrogen-bond donors (Lipinski definition) is 2. The normalized spacial score (nSPS) is 12.2. The Hall–Kier alpha value is -1.35. The number of carbonyl (C=O) groups is 1. The minimum Gasteiger partial charge on any atom is -0.391 e. The molecule has 0 spiro atoms. The maximum Gasteiger partial charge on any atom is 0.251 e. The fourth-order valence-electron chi connectivity index (χ4n) is 1.24. The standard InChI is InChI=1S/C12H17NO2/c1-3-11(14)8-13-12(15)10-6-4-5-9(2)7-10/h4-7,11,14H,3,8H2,1-2H3,(H,13,15). The summed E-state index contributed by atoms with van der Waals surface area (Å²) in [5.74, 6) is -0.133. The Morgan fingerprint density at radius 3 is 2.87 bits per heavy atom. The highest BCUT2D eigenvalue weighted by Gasteiger charge is 2.07. The molecule has 1 amide bonds. The third-order valence-electron chi connectivity index (χ3n) is 2.25. The first-order valence-corrected chi connectivity index (χ1v) is 5.16. The summed E-state index contributed by atoms with van der Waals surface area (Å²) in [4.78, 5) is 11.6. The predicted molar refractivity (Wildman–Crippen MR) is 59.8 cm³/mol. The van der Waals surface area contributed by atoms with E-state index in [9.17, 15) is 9.90 Å². The Labute approximate surface area is 90.1 Å². The van der Waals surface area contributed by atoms with Crippen LogP contribution in [0.4, 0.5) is 0 Å². The van der Waals surface area contributed by atoms with Crippen molar-refractivity contribution >= 4 is 5.91 Å². The molecule has 82 valence electrons. The van der Waals surface area contributed by atoms with Gasteiger partial charge in [-0.15, -0.1) is 0 Å². The molecule has 0 fully saturated rings. The maximum absolute atomic E-state index is 11.6. The number of amides is 1. The van der Waals surface area contributed by atoms with Crippen LogP contribution in [-0.2, 0) is 0 Å². The SMILES string of the molecule is CCC(O)CNC(=O)c1cccc(C)c1.